The van der Waals surface area contributed by atoms with E-state index in [-0.39, 0.29) is 17.8 Å². The van der Waals surface area contributed by atoms with Crippen LogP contribution in [-0.4, -0.2) is 30.2 Å². The number of allylic oxidation sites excluding steroid dienone is 2. The second-order valence-electron chi connectivity index (χ2n) is 12.6. The summed E-state index contributed by atoms with van der Waals surface area (Å²) >= 11 is 0. The van der Waals surface area contributed by atoms with E-state index in [0.717, 1.165) is 31.3 Å². The van der Waals surface area contributed by atoms with Crippen molar-refractivity contribution in [1.82, 2.24) is 0 Å². The average molecular weight is 509 g/mol. The third-order valence-electron chi connectivity index (χ3n) is 10.7. The lowest BCUT2D eigenvalue weighted by Crippen LogP contribution is -2.55. The monoisotopic (exact) mass is 508 g/mol. The fourth-order valence-corrected chi connectivity index (χ4v) is 9.32. The highest BCUT2D eigenvalue weighted by Gasteiger charge is 2.62. The molecule has 0 aromatic heterocycles. The van der Waals surface area contributed by atoms with Crippen LogP contribution in [0.15, 0.2) is 23.8 Å². The van der Waals surface area contributed by atoms with E-state index < -0.39 is 27.9 Å². The molecule has 0 aromatic carbocycles. The van der Waals surface area contributed by atoms with Gasteiger partial charge in [0.15, 0.2) is 0 Å². The van der Waals surface area contributed by atoms with Crippen molar-refractivity contribution in [2.75, 3.05) is 0 Å². The minimum Gasteiger partial charge on any atom is -0.481 e. The van der Waals surface area contributed by atoms with Gasteiger partial charge in [0.05, 0.1) is 11.5 Å². The highest BCUT2D eigenvalue weighted by Crippen LogP contribution is 2.67. The molecular weight excluding hydrogens is 464 g/mol. The molecule has 0 heterocycles. The van der Waals surface area contributed by atoms with E-state index >= 15 is 0 Å². The van der Waals surface area contributed by atoms with Crippen LogP contribution in [0.1, 0.15) is 91.9 Å². The lowest BCUT2D eigenvalue weighted by Gasteiger charge is -2.57. The van der Waals surface area contributed by atoms with Crippen molar-refractivity contribution in [1.29, 1.82) is 0 Å². The van der Waals surface area contributed by atoms with Gasteiger partial charge in [-0.05, 0) is 105 Å². The number of hydrogen-bond acceptors (Lipinski definition) is 4. The van der Waals surface area contributed by atoms with Crippen LogP contribution >= 0.6 is 0 Å². The zero-order valence-corrected chi connectivity index (χ0v) is 22.6. The Morgan fingerprint density at radius 3 is 2.51 bits per heavy atom. The SMILES string of the molecule is C=C(CC[C@@H](C)[C@H]1CCC2C3CC=C4C[C@@H](OS(=O)(=O)O)CC[C@]4(C(=O)O)C3CC[C@@]21C)C(C)C. The molecule has 198 valence electrons. The van der Waals surface area contributed by atoms with Crippen LogP contribution in [0.25, 0.3) is 0 Å². The molecule has 3 fully saturated rings. The Morgan fingerprint density at radius 2 is 1.89 bits per heavy atom. The number of hydrogen-bond donors (Lipinski definition) is 2. The van der Waals surface area contributed by atoms with E-state index in [0.29, 0.717) is 42.4 Å². The molecule has 3 saturated carbocycles. The molecule has 4 rings (SSSR count). The van der Waals surface area contributed by atoms with Crippen LogP contribution in [0.3, 0.4) is 0 Å². The first-order valence-electron chi connectivity index (χ1n) is 13.6. The highest BCUT2D eigenvalue weighted by molar-refractivity contribution is 7.80. The van der Waals surface area contributed by atoms with Crippen LogP contribution in [-0.2, 0) is 19.4 Å². The van der Waals surface area contributed by atoms with E-state index in [1.807, 2.05) is 0 Å². The highest BCUT2D eigenvalue weighted by atomic mass is 32.3. The number of carboxylic acid groups (broad SMARTS) is 1. The van der Waals surface area contributed by atoms with Crippen molar-refractivity contribution >= 4 is 16.4 Å². The summed E-state index contributed by atoms with van der Waals surface area (Å²) in [5.74, 6) is 2.02. The van der Waals surface area contributed by atoms with Crippen LogP contribution in [0.2, 0.25) is 0 Å². The third kappa shape index (κ3) is 4.77. The Balaban J connectivity index is 1.54. The van der Waals surface area contributed by atoms with Gasteiger partial charge in [0.2, 0.25) is 0 Å². The molecule has 0 aromatic rings. The molecule has 0 bridgehead atoms. The number of rotatable bonds is 8. The van der Waals surface area contributed by atoms with Crippen LogP contribution in [0.4, 0.5) is 0 Å². The molecule has 4 aliphatic rings. The summed E-state index contributed by atoms with van der Waals surface area (Å²) < 4.78 is 36.5. The number of carboxylic acids is 1. The molecule has 4 aliphatic carbocycles. The Hall–Kier alpha value is -1.18. The maximum absolute atomic E-state index is 12.8. The van der Waals surface area contributed by atoms with E-state index in [1.54, 1.807) is 0 Å². The van der Waals surface area contributed by atoms with Crippen molar-refractivity contribution in [3.63, 3.8) is 0 Å². The third-order valence-corrected chi connectivity index (χ3v) is 11.2. The van der Waals surface area contributed by atoms with Gasteiger partial charge in [0.1, 0.15) is 0 Å². The predicted molar refractivity (Wildman–Crippen MR) is 136 cm³/mol. The van der Waals surface area contributed by atoms with Crippen LogP contribution < -0.4 is 0 Å². The summed E-state index contributed by atoms with van der Waals surface area (Å²) in [4.78, 5) is 12.8. The molecule has 0 aliphatic heterocycles. The lowest BCUT2D eigenvalue weighted by molar-refractivity contribution is -0.159. The maximum atomic E-state index is 12.8. The first-order valence-corrected chi connectivity index (χ1v) is 14.9. The van der Waals surface area contributed by atoms with E-state index in [1.165, 1.54) is 24.8 Å². The van der Waals surface area contributed by atoms with Gasteiger partial charge in [0.25, 0.3) is 0 Å². The molecule has 6 nitrogen and oxygen atoms in total. The summed E-state index contributed by atoms with van der Waals surface area (Å²) in [6, 6.07) is 0. The molecule has 3 unspecified atom stereocenters. The fourth-order valence-electron chi connectivity index (χ4n) is 8.81. The Bertz CT molecular complexity index is 983. The molecule has 0 spiro atoms. The molecule has 8 atom stereocenters. The molecule has 0 saturated heterocycles. The Morgan fingerprint density at radius 1 is 1.17 bits per heavy atom. The summed E-state index contributed by atoms with van der Waals surface area (Å²) in [6.07, 6.45) is 9.85. The van der Waals surface area contributed by atoms with E-state index in [2.05, 4.69) is 40.3 Å². The molecule has 7 heteroatoms. The van der Waals surface area contributed by atoms with Crippen molar-refractivity contribution in [2.24, 2.45) is 46.3 Å². The first-order chi connectivity index (χ1) is 16.3. The quantitative estimate of drug-likeness (QED) is 0.289. The second kappa shape index (κ2) is 9.60. The Labute approximate surface area is 211 Å². The zero-order valence-electron chi connectivity index (χ0n) is 21.8. The van der Waals surface area contributed by atoms with Gasteiger partial charge in [0, 0.05) is 0 Å². The van der Waals surface area contributed by atoms with Crippen molar-refractivity contribution < 1.29 is 27.1 Å². The van der Waals surface area contributed by atoms with Gasteiger partial charge in [-0.25, -0.2) is 4.18 Å². The standard InChI is InChI=1S/C28H44O6S/c1-17(2)18(3)6-7-19(4)23-10-11-24-22-9-8-20-16-21(34-35(31,32)33)12-15-28(20,26(29)30)25(22)13-14-27(23,24)5/h8,17,19,21-25H,3,6-7,9-16H2,1-2,4-5H3,(H,29,30)(H,31,32,33)/t19-,21+,22?,23-,24?,25?,27-,28-/m1/s1. The van der Waals surface area contributed by atoms with Gasteiger partial charge in [-0.2, -0.15) is 8.42 Å². The van der Waals surface area contributed by atoms with E-state index in [9.17, 15) is 18.3 Å². The fraction of sp³-hybridized carbons (Fsp3) is 0.821. The summed E-state index contributed by atoms with van der Waals surface area (Å²) in [5, 5.41) is 10.5. The second-order valence-corrected chi connectivity index (χ2v) is 13.6. The normalized spacial score (nSPS) is 39.8. The Kier molecular flexibility index (Phi) is 7.37. The largest absolute Gasteiger partial charge is 0.481 e. The van der Waals surface area contributed by atoms with Crippen molar-refractivity contribution in [2.45, 2.75) is 98.0 Å². The first kappa shape index (κ1) is 26.9. The number of carbonyl (C=O) groups is 1. The summed E-state index contributed by atoms with van der Waals surface area (Å²) in [5.41, 5.74) is 1.46. The van der Waals surface area contributed by atoms with Gasteiger partial charge in [-0.3, -0.25) is 9.35 Å². The van der Waals surface area contributed by atoms with Crippen molar-refractivity contribution in [3.05, 3.63) is 23.8 Å². The molecule has 0 radical (unpaired) electrons. The molecule has 35 heavy (non-hydrogen) atoms. The lowest BCUT2D eigenvalue weighted by atomic mass is 9.46. The smallest absolute Gasteiger partial charge is 0.397 e. The minimum atomic E-state index is -4.55. The molecular formula is C28H44O6S. The van der Waals surface area contributed by atoms with Gasteiger partial charge < -0.3 is 5.11 Å². The maximum Gasteiger partial charge on any atom is 0.397 e. The van der Waals surface area contributed by atoms with Gasteiger partial charge in [-0.1, -0.05) is 51.5 Å². The summed E-state index contributed by atoms with van der Waals surface area (Å²) in [7, 11) is -4.55. The van der Waals surface area contributed by atoms with Gasteiger partial charge >= 0.3 is 16.4 Å². The summed E-state index contributed by atoms with van der Waals surface area (Å²) in [6.45, 7) is 13.6. The predicted octanol–water partition coefficient (Wildman–Crippen LogP) is 6.45. The average Bonchev–Trinajstić information content (AvgIpc) is 3.12. The topological polar surface area (TPSA) is 101 Å². The van der Waals surface area contributed by atoms with Crippen LogP contribution in [0.5, 0.6) is 0 Å². The molecule has 0 amide bonds. The van der Waals surface area contributed by atoms with Crippen LogP contribution in [0, 0.1) is 46.3 Å². The molecule has 2 N–H and O–H groups in total. The minimum absolute atomic E-state index is 0.0829. The van der Waals surface area contributed by atoms with E-state index in [4.69, 9.17) is 8.74 Å². The number of fused-ring (bicyclic) bond motifs is 5. The van der Waals surface area contributed by atoms with Crippen molar-refractivity contribution in [3.8, 4) is 0 Å². The zero-order chi connectivity index (χ0) is 25.8. The van der Waals surface area contributed by atoms with Gasteiger partial charge in [-0.15, -0.1) is 0 Å². The number of aliphatic carboxylic acids is 1.